The second-order valence-electron chi connectivity index (χ2n) is 5.23. The lowest BCUT2D eigenvalue weighted by Gasteiger charge is -2.02. The van der Waals surface area contributed by atoms with Crippen LogP contribution in [0.1, 0.15) is 5.56 Å². The minimum atomic E-state index is -1.16. The van der Waals surface area contributed by atoms with Crippen molar-refractivity contribution in [2.75, 3.05) is 5.32 Å². The van der Waals surface area contributed by atoms with Crippen molar-refractivity contribution < 1.29 is 14.7 Å². The van der Waals surface area contributed by atoms with E-state index in [1.807, 2.05) is 24.3 Å². The number of carboxylic acid groups (broad SMARTS) is 1. The summed E-state index contributed by atoms with van der Waals surface area (Å²) in [5.74, 6) is -1.65. The molecule has 3 rings (SSSR count). The maximum absolute atomic E-state index is 11.5. The number of benzene rings is 2. The molecule has 0 fully saturated rings. The van der Waals surface area contributed by atoms with Crippen molar-refractivity contribution in [1.82, 2.24) is 4.98 Å². The number of rotatable bonds is 4. The molecular weight excluding hydrogens is 324 g/mol. The maximum atomic E-state index is 11.5. The Morgan fingerprint density at radius 1 is 1.12 bits per heavy atom. The zero-order valence-electron chi connectivity index (χ0n) is 12.8. The number of anilines is 1. The first-order valence-corrected chi connectivity index (χ1v) is 8.02. The van der Waals surface area contributed by atoms with Crippen molar-refractivity contribution in [2.24, 2.45) is 0 Å². The van der Waals surface area contributed by atoms with E-state index >= 15 is 0 Å². The molecule has 5 nitrogen and oxygen atoms in total. The van der Waals surface area contributed by atoms with E-state index < -0.39 is 11.9 Å². The Kier molecular flexibility index (Phi) is 4.39. The largest absolute Gasteiger partial charge is 0.478 e. The average molecular weight is 338 g/mol. The third kappa shape index (κ3) is 3.67. The first-order chi connectivity index (χ1) is 11.5. The molecule has 3 aromatic rings. The van der Waals surface area contributed by atoms with Crippen molar-refractivity contribution in [3.05, 3.63) is 60.2 Å². The molecule has 0 aliphatic carbocycles. The minimum Gasteiger partial charge on any atom is -0.478 e. The van der Waals surface area contributed by atoms with Gasteiger partial charge in [0.05, 0.1) is 10.2 Å². The van der Waals surface area contributed by atoms with E-state index in [2.05, 4.69) is 23.3 Å². The Morgan fingerprint density at radius 3 is 2.58 bits per heavy atom. The van der Waals surface area contributed by atoms with Gasteiger partial charge < -0.3 is 10.4 Å². The fourth-order valence-corrected chi connectivity index (χ4v) is 3.25. The van der Waals surface area contributed by atoms with Gasteiger partial charge in [-0.3, -0.25) is 4.79 Å². The molecule has 0 bridgehead atoms. The standard InChI is InChI=1S/C18H14N2O3S/c1-11-2-7-14-15(10-11)24-18(20-14)12-3-5-13(6-4-12)19-16(21)8-9-17(22)23/h2-10H,1H3,(H,19,21)(H,22,23)/b9-8-. The summed E-state index contributed by atoms with van der Waals surface area (Å²) in [6, 6.07) is 13.4. The Labute approximate surface area is 142 Å². The summed E-state index contributed by atoms with van der Waals surface area (Å²) in [5.41, 5.74) is 3.73. The van der Waals surface area contributed by atoms with Gasteiger partial charge in [0, 0.05) is 23.4 Å². The summed E-state index contributed by atoms with van der Waals surface area (Å²) >= 11 is 1.62. The lowest BCUT2D eigenvalue weighted by atomic mass is 10.2. The van der Waals surface area contributed by atoms with Crippen molar-refractivity contribution >= 4 is 39.1 Å². The fourth-order valence-electron chi connectivity index (χ4n) is 2.18. The third-order valence-corrected chi connectivity index (χ3v) is 4.39. The molecule has 0 unspecified atom stereocenters. The van der Waals surface area contributed by atoms with E-state index in [9.17, 15) is 9.59 Å². The fraction of sp³-hybridized carbons (Fsp3) is 0.0556. The van der Waals surface area contributed by atoms with Crippen LogP contribution < -0.4 is 5.32 Å². The molecule has 0 atom stereocenters. The van der Waals surface area contributed by atoms with E-state index in [1.165, 1.54) is 5.56 Å². The molecule has 6 heteroatoms. The molecule has 1 heterocycles. The number of carboxylic acids is 1. The van der Waals surface area contributed by atoms with Crippen LogP contribution in [0.25, 0.3) is 20.8 Å². The van der Waals surface area contributed by atoms with E-state index in [0.29, 0.717) is 5.69 Å². The zero-order valence-corrected chi connectivity index (χ0v) is 13.6. The number of carbonyl (C=O) groups excluding carboxylic acids is 1. The van der Waals surface area contributed by atoms with Crippen molar-refractivity contribution in [2.45, 2.75) is 6.92 Å². The number of fused-ring (bicyclic) bond motifs is 1. The molecule has 0 aliphatic heterocycles. The van der Waals surface area contributed by atoms with Crippen LogP contribution >= 0.6 is 11.3 Å². The average Bonchev–Trinajstić information content (AvgIpc) is 2.96. The van der Waals surface area contributed by atoms with Gasteiger partial charge in [-0.05, 0) is 48.9 Å². The van der Waals surface area contributed by atoms with Crippen LogP contribution in [0, 0.1) is 6.92 Å². The minimum absolute atomic E-state index is 0.486. The molecule has 2 aromatic carbocycles. The van der Waals surface area contributed by atoms with E-state index in [4.69, 9.17) is 5.11 Å². The van der Waals surface area contributed by atoms with Crippen LogP contribution in [0.5, 0.6) is 0 Å². The van der Waals surface area contributed by atoms with Crippen molar-refractivity contribution in [1.29, 1.82) is 0 Å². The summed E-state index contributed by atoms with van der Waals surface area (Å²) in [4.78, 5) is 26.5. The van der Waals surface area contributed by atoms with Crippen LogP contribution in [0.2, 0.25) is 0 Å². The van der Waals surface area contributed by atoms with Gasteiger partial charge in [0.15, 0.2) is 0 Å². The lowest BCUT2D eigenvalue weighted by molar-refractivity contribution is -0.131. The van der Waals surface area contributed by atoms with Gasteiger partial charge in [-0.25, -0.2) is 9.78 Å². The molecule has 0 saturated heterocycles. The monoisotopic (exact) mass is 338 g/mol. The number of aromatic nitrogens is 1. The molecule has 120 valence electrons. The molecule has 2 N–H and O–H groups in total. The Bertz CT molecular complexity index is 943. The number of carbonyl (C=O) groups is 2. The van der Waals surface area contributed by atoms with Gasteiger partial charge in [-0.2, -0.15) is 0 Å². The maximum Gasteiger partial charge on any atom is 0.328 e. The molecule has 1 amide bonds. The zero-order chi connectivity index (χ0) is 17.1. The molecule has 0 aliphatic rings. The predicted octanol–water partition coefficient (Wildman–Crippen LogP) is 3.85. The number of amides is 1. The van der Waals surface area contributed by atoms with Crippen molar-refractivity contribution in [3.63, 3.8) is 0 Å². The summed E-state index contributed by atoms with van der Waals surface area (Å²) in [5, 5.41) is 12.0. The van der Waals surface area contributed by atoms with E-state index in [1.54, 1.807) is 23.5 Å². The van der Waals surface area contributed by atoms with Crippen molar-refractivity contribution in [3.8, 4) is 10.6 Å². The molecule has 0 saturated carbocycles. The topological polar surface area (TPSA) is 79.3 Å². The second kappa shape index (κ2) is 6.64. The van der Waals surface area contributed by atoms with Crippen LogP contribution in [0.3, 0.4) is 0 Å². The second-order valence-corrected chi connectivity index (χ2v) is 6.26. The SMILES string of the molecule is Cc1ccc2nc(-c3ccc(NC(=O)/C=C\C(=O)O)cc3)sc2c1. The summed E-state index contributed by atoms with van der Waals surface area (Å²) < 4.78 is 1.14. The highest BCUT2D eigenvalue weighted by Gasteiger charge is 2.07. The normalized spacial score (nSPS) is 11.0. The molecular formula is C18H14N2O3S. The van der Waals surface area contributed by atoms with Crippen LogP contribution in [-0.4, -0.2) is 22.0 Å². The first kappa shape index (κ1) is 15.9. The predicted molar refractivity (Wildman–Crippen MR) is 95.2 cm³/mol. The highest BCUT2D eigenvalue weighted by molar-refractivity contribution is 7.21. The number of thiazole rings is 1. The number of aliphatic carboxylic acids is 1. The number of hydrogen-bond donors (Lipinski definition) is 2. The van der Waals surface area contributed by atoms with Gasteiger partial charge in [0.1, 0.15) is 5.01 Å². The number of nitrogens with zero attached hydrogens (tertiary/aromatic N) is 1. The molecule has 24 heavy (non-hydrogen) atoms. The molecule has 0 radical (unpaired) electrons. The van der Waals surface area contributed by atoms with Crippen LogP contribution in [-0.2, 0) is 9.59 Å². The van der Waals surface area contributed by atoms with Gasteiger partial charge in [-0.1, -0.05) is 6.07 Å². The number of nitrogens with one attached hydrogen (secondary N) is 1. The number of hydrogen-bond acceptors (Lipinski definition) is 4. The van der Waals surface area contributed by atoms with Gasteiger partial charge in [0.2, 0.25) is 5.91 Å². The van der Waals surface area contributed by atoms with E-state index in [0.717, 1.165) is 32.9 Å². The summed E-state index contributed by atoms with van der Waals surface area (Å²) in [6.07, 6.45) is 1.78. The first-order valence-electron chi connectivity index (χ1n) is 7.21. The highest BCUT2D eigenvalue weighted by Crippen LogP contribution is 2.31. The van der Waals surface area contributed by atoms with Gasteiger partial charge in [0.25, 0.3) is 0 Å². The third-order valence-electron chi connectivity index (χ3n) is 3.32. The van der Waals surface area contributed by atoms with Crippen LogP contribution in [0.4, 0.5) is 5.69 Å². The molecule has 0 spiro atoms. The quantitative estimate of drug-likeness (QED) is 0.708. The Balaban J connectivity index is 1.78. The lowest BCUT2D eigenvalue weighted by Crippen LogP contribution is -2.08. The molecule has 1 aromatic heterocycles. The summed E-state index contributed by atoms with van der Waals surface area (Å²) in [7, 11) is 0. The smallest absolute Gasteiger partial charge is 0.328 e. The van der Waals surface area contributed by atoms with E-state index in [-0.39, 0.29) is 0 Å². The van der Waals surface area contributed by atoms with Crippen LogP contribution in [0.15, 0.2) is 54.6 Å². The Morgan fingerprint density at radius 2 is 1.88 bits per heavy atom. The van der Waals surface area contributed by atoms with Gasteiger partial charge >= 0.3 is 5.97 Å². The highest BCUT2D eigenvalue weighted by atomic mass is 32.1. The Hall–Kier alpha value is -2.99. The summed E-state index contributed by atoms with van der Waals surface area (Å²) in [6.45, 7) is 2.05. The van der Waals surface area contributed by atoms with Gasteiger partial charge in [-0.15, -0.1) is 11.3 Å². The number of aryl methyl sites for hydroxylation is 1.